The maximum Gasteiger partial charge on any atom is 0.151 e. The van der Waals surface area contributed by atoms with E-state index in [0.717, 1.165) is 45.3 Å². The molecule has 1 N–H and O–H groups in total. The van der Waals surface area contributed by atoms with E-state index in [1.54, 1.807) is 0 Å². The Kier molecular flexibility index (Phi) is 3.42. The number of pyridine rings is 1. The molecule has 1 aliphatic heterocycles. The van der Waals surface area contributed by atoms with Crippen LogP contribution >= 0.6 is 0 Å². The summed E-state index contributed by atoms with van der Waals surface area (Å²) in [7, 11) is 0. The summed E-state index contributed by atoms with van der Waals surface area (Å²) >= 11 is 0. The lowest BCUT2D eigenvalue weighted by Crippen LogP contribution is -2.04. The lowest BCUT2D eigenvalue weighted by Gasteiger charge is -2.24. The second-order valence-electron chi connectivity index (χ2n) is 6.17. The highest BCUT2D eigenvalue weighted by molar-refractivity contribution is 5.93. The van der Waals surface area contributed by atoms with Gasteiger partial charge in [-0.15, -0.1) is 0 Å². The normalized spacial score (nSPS) is 11.7. The molecule has 3 aromatic carbocycles. The molecule has 0 saturated heterocycles. The molecule has 0 amide bonds. The van der Waals surface area contributed by atoms with Crippen molar-refractivity contribution < 1.29 is 4.74 Å². The van der Waals surface area contributed by atoms with Crippen LogP contribution < -0.4 is 10.1 Å². The van der Waals surface area contributed by atoms with E-state index in [1.165, 1.54) is 0 Å². The first kappa shape index (κ1) is 14.7. The fourth-order valence-corrected chi connectivity index (χ4v) is 3.33. The number of fused-ring (bicyclic) bond motifs is 2. The van der Waals surface area contributed by atoms with Gasteiger partial charge in [-0.1, -0.05) is 60.7 Å². The van der Waals surface area contributed by atoms with Crippen LogP contribution in [0.1, 0.15) is 0 Å². The highest BCUT2D eigenvalue weighted by Crippen LogP contribution is 2.47. The molecular formula is C23H16N2O. The van der Waals surface area contributed by atoms with Crippen molar-refractivity contribution in [2.24, 2.45) is 0 Å². The first-order valence-corrected chi connectivity index (χ1v) is 8.58. The molecule has 0 unspecified atom stereocenters. The number of anilines is 2. The molecule has 2 heterocycles. The largest absolute Gasteiger partial charge is 0.453 e. The highest BCUT2D eigenvalue weighted by atomic mass is 16.5. The second kappa shape index (κ2) is 6.05. The summed E-state index contributed by atoms with van der Waals surface area (Å²) in [6.45, 7) is 0. The van der Waals surface area contributed by atoms with E-state index in [4.69, 9.17) is 4.74 Å². The van der Waals surface area contributed by atoms with Crippen LogP contribution in [0.15, 0.2) is 91.1 Å². The SMILES string of the molecule is c1ccc(-c2ncccc2-c2cccc3c2Nc2ccccc2O3)cc1. The van der Waals surface area contributed by atoms with Gasteiger partial charge in [0.1, 0.15) is 0 Å². The number of hydrogen-bond donors (Lipinski definition) is 1. The van der Waals surface area contributed by atoms with Crippen LogP contribution in [0.5, 0.6) is 11.5 Å². The molecule has 1 aromatic heterocycles. The molecule has 4 aromatic rings. The van der Waals surface area contributed by atoms with Gasteiger partial charge in [-0.25, -0.2) is 0 Å². The Hall–Kier alpha value is -3.59. The third kappa shape index (κ3) is 2.42. The number of ether oxygens (including phenoxy) is 1. The van der Waals surface area contributed by atoms with Gasteiger partial charge < -0.3 is 10.1 Å². The molecule has 0 spiro atoms. The van der Waals surface area contributed by atoms with E-state index in [9.17, 15) is 0 Å². The standard InChI is InChI=1S/C23H16N2O/c1-2-8-16(9-3-1)22-17(11-7-15-24-22)18-10-6-14-21-23(18)25-19-12-4-5-13-20(19)26-21/h1-15,25H. The first-order valence-electron chi connectivity index (χ1n) is 8.58. The number of nitrogens with one attached hydrogen (secondary N) is 1. The van der Waals surface area contributed by atoms with Gasteiger partial charge in [0.2, 0.25) is 0 Å². The average Bonchev–Trinajstić information content (AvgIpc) is 2.72. The van der Waals surface area contributed by atoms with E-state index < -0.39 is 0 Å². The van der Waals surface area contributed by atoms with E-state index in [-0.39, 0.29) is 0 Å². The quantitative estimate of drug-likeness (QED) is 0.413. The summed E-state index contributed by atoms with van der Waals surface area (Å²) < 4.78 is 6.10. The molecule has 1 aliphatic rings. The zero-order valence-electron chi connectivity index (χ0n) is 14.0. The van der Waals surface area contributed by atoms with Crippen molar-refractivity contribution in [3.8, 4) is 33.9 Å². The van der Waals surface area contributed by atoms with Gasteiger partial charge in [-0.3, -0.25) is 4.98 Å². The first-order chi connectivity index (χ1) is 12.9. The number of para-hydroxylation sites is 3. The van der Waals surface area contributed by atoms with Gasteiger partial charge in [-0.05, 0) is 24.3 Å². The molecule has 0 atom stereocenters. The summed E-state index contributed by atoms with van der Waals surface area (Å²) in [5.74, 6) is 1.66. The molecule has 0 saturated carbocycles. The van der Waals surface area contributed by atoms with Gasteiger partial charge in [0.05, 0.1) is 17.1 Å². The number of aromatic nitrogens is 1. The summed E-state index contributed by atoms with van der Waals surface area (Å²) in [6, 6.07) is 28.4. The van der Waals surface area contributed by atoms with Crippen LogP contribution in [0.3, 0.4) is 0 Å². The lowest BCUT2D eigenvalue weighted by atomic mass is 9.97. The fraction of sp³-hybridized carbons (Fsp3) is 0. The summed E-state index contributed by atoms with van der Waals surface area (Å²) in [5, 5.41) is 3.53. The summed E-state index contributed by atoms with van der Waals surface area (Å²) in [4.78, 5) is 4.65. The van der Waals surface area contributed by atoms with Gasteiger partial charge in [0.15, 0.2) is 11.5 Å². The molecule has 0 fully saturated rings. The topological polar surface area (TPSA) is 34.2 Å². The zero-order chi connectivity index (χ0) is 17.3. The van der Waals surface area contributed by atoms with Crippen molar-refractivity contribution in [1.82, 2.24) is 4.98 Å². The molecule has 0 bridgehead atoms. The van der Waals surface area contributed by atoms with Crippen molar-refractivity contribution in [2.45, 2.75) is 0 Å². The Labute approximate surface area is 151 Å². The van der Waals surface area contributed by atoms with Crippen molar-refractivity contribution in [2.75, 3.05) is 5.32 Å². The molecule has 26 heavy (non-hydrogen) atoms. The van der Waals surface area contributed by atoms with Crippen LogP contribution in [0, 0.1) is 0 Å². The average molecular weight is 336 g/mol. The number of nitrogens with zero attached hydrogens (tertiary/aromatic N) is 1. The zero-order valence-corrected chi connectivity index (χ0v) is 14.0. The van der Waals surface area contributed by atoms with E-state index in [1.807, 2.05) is 66.9 Å². The van der Waals surface area contributed by atoms with E-state index >= 15 is 0 Å². The molecule has 3 heteroatoms. The van der Waals surface area contributed by atoms with E-state index in [0.29, 0.717) is 0 Å². The fourth-order valence-electron chi connectivity index (χ4n) is 3.33. The Bertz CT molecular complexity index is 1090. The van der Waals surface area contributed by atoms with Gasteiger partial charge in [0, 0.05) is 22.9 Å². The maximum atomic E-state index is 6.10. The predicted octanol–water partition coefficient (Wildman–Crippen LogP) is 6.26. The Morgan fingerprint density at radius 2 is 1.42 bits per heavy atom. The smallest absolute Gasteiger partial charge is 0.151 e. The van der Waals surface area contributed by atoms with Gasteiger partial charge in [0.25, 0.3) is 0 Å². The number of hydrogen-bond acceptors (Lipinski definition) is 3. The monoisotopic (exact) mass is 336 g/mol. The van der Waals surface area contributed by atoms with Crippen molar-refractivity contribution in [3.05, 3.63) is 91.1 Å². The maximum absolute atomic E-state index is 6.10. The van der Waals surface area contributed by atoms with Gasteiger partial charge >= 0.3 is 0 Å². The van der Waals surface area contributed by atoms with E-state index in [2.05, 4.69) is 34.6 Å². The van der Waals surface area contributed by atoms with Crippen molar-refractivity contribution in [1.29, 1.82) is 0 Å². The predicted molar refractivity (Wildman–Crippen MR) is 105 cm³/mol. The van der Waals surface area contributed by atoms with Crippen LogP contribution in [0.4, 0.5) is 11.4 Å². The third-order valence-corrected chi connectivity index (χ3v) is 4.54. The number of benzene rings is 3. The Morgan fingerprint density at radius 3 is 2.35 bits per heavy atom. The molecule has 3 nitrogen and oxygen atoms in total. The summed E-state index contributed by atoms with van der Waals surface area (Å²) in [5.41, 5.74) is 6.14. The van der Waals surface area contributed by atoms with Crippen LogP contribution in [0.2, 0.25) is 0 Å². The van der Waals surface area contributed by atoms with Crippen LogP contribution in [-0.2, 0) is 0 Å². The minimum Gasteiger partial charge on any atom is -0.453 e. The second-order valence-corrected chi connectivity index (χ2v) is 6.17. The van der Waals surface area contributed by atoms with Crippen LogP contribution in [0.25, 0.3) is 22.4 Å². The Balaban J connectivity index is 1.69. The molecular weight excluding hydrogens is 320 g/mol. The molecule has 5 rings (SSSR count). The minimum atomic E-state index is 0.823. The van der Waals surface area contributed by atoms with Crippen molar-refractivity contribution in [3.63, 3.8) is 0 Å². The Morgan fingerprint density at radius 1 is 0.654 bits per heavy atom. The van der Waals surface area contributed by atoms with Gasteiger partial charge in [-0.2, -0.15) is 0 Å². The molecule has 0 aliphatic carbocycles. The lowest BCUT2D eigenvalue weighted by molar-refractivity contribution is 0.481. The minimum absolute atomic E-state index is 0.823. The molecule has 0 radical (unpaired) electrons. The van der Waals surface area contributed by atoms with Crippen LogP contribution in [-0.4, -0.2) is 4.98 Å². The summed E-state index contributed by atoms with van der Waals surface area (Å²) in [6.07, 6.45) is 1.83. The molecule has 124 valence electrons. The third-order valence-electron chi connectivity index (χ3n) is 4.54. The highest BCUT2D eigenvalue weighted by Gasteiger charge is 2.21. The van der Waals surface area contributed by atoms with Crippen molar-refractivity contribution >= 4 is 11.4 Å². The number of rotatable bonds is 2.